The van der Waals surface area contributed by atoms with E-state index >= 15 is 0 Å². The summed E-state index contributed by atoms with van der Waals surface area (Å²) in [4.78, 5) is 0. The number of piperidine rings is 1. The molecule has 22 heavy (non-hydrogen) atoms. The van der Waals surface area contributed by atoms with Gasteiger partial charge in [0.2, 0.25) is 0 Å². The summed E-state index contributed by atoms with van der Waals surface area (Å²) in [5, 5.41) is 1.25. The van der Waals surface area contributed by atoms with Crippen LogP contribution in [0.3, 0.4) is 0 Å². The second kappa shape index (κ2) is 5.68. The Labute approximate surface area is 132 Å². The van der Waals surface area contributed by atoms with Crippen molar-refractivity contribution in [3.8, 4) is 0 Å². The predicted octanol–water partition coefficient (Wildman–Crippen LogP) is 2.16. The third-order valence-electron chi connectivity index (χ3n) is 4.65. The molecule has 2 aromatic rings. The molecule has 0 spiro atoms. The van der Waals surface area contributed by atoms with Crippen molar-refractivity contribution in [1.29, 1.82) is 0 Å². The van der Waals surface area contributed by atoms with Gasteiger partial charge in [0.05, 0.1) is 0 Å². The van der Waals surface area contributed by atoms with Gasteiger partial charge >= 0.3 is 0 Å². The van der Waals surface area contributed by atoms with Crippen LogP contribution in [0, 0.1) is 0 Å². The van der Waals surface area contributed by atoms with Crippen molar-refractivity contribution < 1.29 is 8.42 Å². The molecule has 0 bridgehead atoms. The molecule has 3 rings (SSSR count). The van der Waals surface area contributed by atoms with Crippen molar-refractivity contribution in [2.45, 2.75) is 18.8 Å². The summed E-state index contributed by atoms with van der Waals surface area (Å²) in [6.07, 6.45) is 1.74. The number of para-hydroxylation sites is 1. The van der Waals surface area contributed by atoms with E-state index in [1.54, 1.807) is 18.4 Å². The lowest BCUT2D eigenvalue weighted by Gasteiger charge is -2.33. The SMILES string of the molecule is CN(C)S(=O)(=O)N1CCC(c2cc3ccccc3n2C)CC1. The van der Waals surface area contributed by atoms with Gasteiger partial charge in [-0.1, -0.05) is 18.2 Å². The fourth-order valence-electron chi connectivity index (χ4n) is 3.32. The zero-order valence-electron chi connectivity index (χ0n) is 13.4. The highest BCUT2D eigenvalue weighted by molar-refractivity contribution is 7.86. The van der Waals surface area contributed by atoms with Crippen molar-refractivity contribution in [1.82, 2.24) is 13.2 Å². The fraction of sp³-hybridized carbons (Fsp3) is 0.500. The Bertz CT molecular complexity index is 772. The molecule has 120 valence electrons. The molecule has 0 unspecified atom stereocenters. The summed E-state index contributed by atoms with van der Waals surface area (Å²) < 4.78 is 29.5. The van der Waals surface area contributed by atoms with Gasteiger partial charge in [0.1, 0.15) is 0 Å². The first-order chi connectivity index (χ1) is 10.4. The lowest BCUT2D eigenvalue weighted by atomic mass is 9.94. The quantitative estimate of drug-likeness (QED) is 0.870. The first kappa shape index (κ1) is 15.5. The number of benzene rings is 1. The van der Waals surface area contributed by atoms with Gasteiger partial charge < -0.3 is 4.57 Å². The van der Waals surface area contributed by atoms with E-state index < -0.39 is 10.2 Å². The highest BCUT2D eigenvalue weighted by Gasteiger charge is 2.31. The Balaban J connectivity index is 1.80. The van der Waals surface area contributed by atoms with Gasteiger partial charge in [-0.15, -0.1) is 0 Å². The standard InChI is InChI=1S/C16H23N3O2S/c1-17(2)22(20,21)19-10-8-13(9-11-19)16-12-14-6-4-5-7-15(14)18(16)3/h4-7,12-13H,8-11H2,1-3H3. The van der Waals surface area contributed by atoms with Crippen LogP contribution in [0.5, 0.6) is 0 Å². The van der Waals surface area contributed by atoms with Crippen LogP contribution in [0.4, 0.5) is 0 Å². The van der Waals surface area contributed by atoms with Crippen LogP contribution in [0.1, 0.15) is 24.5 Å². The van der Waals surface area contributed by atoms with Crippen LogP contribution in [-0.2, 0) is 17.3 Å². The highest BCUT2D eigenvalue weighted by Crippen LogP contribution is 2.32. The number of rotatable bonds is 3. The summed E-state index contributed by atoms with van der Waals surface area (Å²) in [6.45, 7) is 1.18. The molecule has 1 aromatic heterocycles. The molecule has 0 amide bonds. The van der Waals surface area contributed by atoms with Crippen LogP contribution in [-0.4, -0.2) is 48.8 Å². The molecule has 5 nitrogen and oxygen atoms in total. The van der Waals surface area contributed by atoms with Crippen molar-refractivity contribution in [2.24, 2.45) is 7.05 Å². The number of fused-ring (bicyclic) bond motifs is 1. The molecule has 0 radical (unpaired) electrons. The number of hydrogen-bond acceptors (Lipinski definition) is 2. The third kappa shape index (κ3) is 2.55. The number of hydrogen-bond donors (Lipinski definition) is 0. The number of aromatic nitrogens is 1. The highest BCUT2D eigenvalue weighted by atomic mass is 32.2. The molecule has 0 aliphatic carbocycles. The molecular weight excluding hydrogens is 298 g/mol. The minimum absolute atomic E-state index is 0.422. The van der Waals surface area contributed by atoms with E-state index in [1.165, 1.54) is 20.9 Å². The Morgan fingerprint density at radius 3 is 2.36 bits per heavy atom. The van der Waals surface area contributed by atoms with E-state index in [4.69, 9.17) is 0 Å². The van der Waals surface area contributed by atoms with Gasteiger partial charge in [0.15, 0.2) is 0 Å². The lowest BCUT2D eigenvalue weighted by molar-refractivity contribution is 0.298. The largest absolute Gasteiger partial charge is 0.347 e. The van der Waals surface area contributed by atoms with Crippen LogP contribution >= 0.6 is 0 Å². The Morgan fingerprint density at radius 2 is 1.77 bits per heavy atom. The molecule has 0 atom stereocenters. The number of nitrogens with zero attached hydrogens (tertiary/aromatic N) is 3. The van der Waals surface area contributed by atoms with Gasteiger partial charge in [-0.05, 0) is 30.4 Å². The first-order valence-corrected chi connectivity index (χ1v) is 9.03. The van der Waals surface area contributed by atoms with E-state index in [0.717, 1.165) is 12.8 Å². The topological polar surface area (TPSA) is 45.6 Å². The van der Waals surface area contributed by atoms with Crippen LogP contribution in [0.25, 0.3) is 10.9 Å². The van der Waals surface area contributed by atoms with E-state index in [1.807, 2.05) is 0 Å². The van der Waals surface area contributed by atoms with Gasteiger partial charge in [-0.3, -0.25) is 0 Å². The van der Waals surface area contributed by atoms with Crippen molar-refractivity contribution in [2.75, 3.05) is 27.2 Å². The van der Waals surface area contributed by atoms with Crippen molar-refractivity contribution in [3.05, 3.63) is 36.0 Å². The average Bonchev–Trinajstić information content (AvgIpc) is 2.85. The van der Waals surface area contributed by atoms with E-state index in [-0.39, 0.29) is 0 Å². The maximum atomic E-state index is 12.2. The normalized spacial score (nSPS) is 18.4. The lowest BCUT2D eigenvalue weighted by Crippen LogP contribution is -2.44. The molecule has 1 aliphatic rings. The van der Waals surface area contributed by atoms with Gasteiger partial charge in [-0.2, -0.15) is 17.0 Å². The summed E-state index contributed by atoms with van der Waals surface area (Å²) in [7, 11) is 1.99. The monoisotopic (exact) mass is 321 g/mol. The van der Waals surface area contributed by atoms with E-state index in [0.29, 0.717) is 19.0 Å². The predicted molar refractivity (Wildman–Crippen MR) is 89.1 cm³/mol. The Morgan fingerprint density at radius 1 is 1.14 bits per heavy atom. The maximum absolute atomic E-state index is 12.2. The maximum Gasteiger partial charge on any atom is 0.281 e. The molecule has 0 N–H and O–H groups in total. The van der Waals surface area contributed by atoms with Gasteiger partial charge in [0, 0.05) is 51.4 Å². The zero-order chi connectivity index (χ0) is 15.9. The van der Waals surface area contributed by atoms with E-state index in [2.05, 4.69) is 41.9 Å². The minimum atomic E-state index is -3.28. The smallest absolute Gasteiger partial charge is 0.281 e. The van der Waals surface area contributed by atoms with E-state index in [9.17, 15) is 8.42 Å². The molecular formula is C16H23N3O2S. The van der Waals surface area contributed by atoms with Gasteiger partial charge in [0.25, 0.3) is 10.2 Å². The summed E-state index contributed by atoms with van der Waals surface area (Å²) in [5.74, 6) is 0.422. The summed E-state index contributed by atoms with van der Waals surface area (Å²) in [5.41, 5.74) is 2.55. The summed E-state index contributed by atoms with van der Waals surface area (Å²) >= 11 is 0. The third-order valence-corrected chi connectivity index (χ3v) is 6.59. The second-order valence-corrected chi connectivity index (χ2v) is 8.29. The zero-order valence-corrected chi connectivity index (χ0v) is 14.2. The fourth-order valence-corrected chi connectivity index (χ4v) is 4.45. The van der Waals surface area contributed by atoms with Crippen molar-refractivity contribution in [3.63, 3.8) is 0 Å². The van der Waals surface area contributed by atoms with Crippen molar-refractivity contribution >= 4 is 21.1 Å². The van der Waals surface area contributed by atoms with Gasteiger partial charge in [-0.25, -0.2) is 0 Å². The molecule has 1 fully saturated rings. The minimum Gasteiger partial charge on any atom is -0.347 e. The Hall–Kier alpha value is -1.37. The number of aryl methyl sites for hydroxylation is 1. The Kier molecular flexibility index (Phi) is 4.01. The molecule has 6 heteroatoms. The molecule has 0 saturated carbocycles. The summed E-state index contributed by atoms with van der Waals surface area (Å²) in [6, 6.07) is 10.6. The molecule has 1 aromatic carbocycles. The molecule has 2 heterocycles. The molecule has 1 saturated heterocycles. The van der Waals surface area contributed by atoms with Crippen LogP contribution < -0.4 is 0 Å². The second-order valence-electron chi connectivity index (χ2n) is 6.15. The van der Waals surface area contributed by atoms with Crippen LogP contribution in [0.15, 0.2) is 30.3 Å². The first-order valence-electron chi connectivity index (χ1n) is 7.63. The molecule has 1 aliphatic heterocycles. The van der Waals surface area contributed by atoms with Crippen LogP contribution in [0.2, 0.25) is 0 Å². The average molecular weight is 321 g/mol.